The van der Waals surface area contributed by atoms with Crippen LogP contribution in [-0.4, -0.2) is 62.9 Å². The summed E-state index contributed by atoms with van der Waals surface area (Å²) in [7, 11) is 0. The Balaban J connectivity index is 1.59. The van der Waals surface area contributed by atoms with E-state index >= 15 is 0 Å². The molecule has 1 aliphatic heterocycles. The summed E-state index contributed by atoms with van der Waals surface area (Å²) in [6.07, 6.45) is 2.20. The smallest absolute Gasteiger partial charge is 0.276 e. The van der Waals surface area contributed by atoms with Gasteiger partial charge >= 0.3 is 0 Å². The average Bonchev–Trinajstić information content (AvgIpc) is 3.40. The quantitative estimate of drug-likeness (QED) is 0.766. The molecule has 1 aliphatic carbocycles. The van der Waals surface area contributed by atoms with Gasteiger partial charge in [0.15, 0.2) is 5.69 Å². The van der Waals surface area contributed by atoms with Crippen LogP contribution < -0.4 is 0 Å². The molecule has 2 heterocycles. The molecule has 6 nitrogen and oxygen atoms in total. The molecule has 7 heteroatoms. The van der Waals surface area contributed by atoms with E-state index in [9.17, 15) is 4.79 Å². The number of halogens is 1. The second-order valence-electron chi connectivity index (χ2n) is 7.41. The Kier molecular flexibility index (Phi) is 4.84. The minimum atomic E-state index is 0.0265. The van der Waals surface area contributed by atoms with Crippen molar-refractivity contribution in [3.63, 3.8) is 0 Å². The maximum atomic E-state index is 13.1. The van der Waals surface area contributed by atoms with Crippen LogP contribution in [0, 0.1) is 0 Å². The predicted molar refractivity (Wildman–Crippen MR) is 104 cm³/mol. The van der Waals surface area contributed by atoms with Gasteiger partial charge in [0.25, 0.3) is 5.91 Å². The highest BCUT2D eigenvalue weighted by atomic mass is 79.9. The fourth-order valence-electron chi connectivity index (χ4n) is 3.53. The molecular formula is C19H24BrN5O. The fraction of sp³-hybridized carbons (Fsp3) is 0.526. The number of hydrogen-bond acceptors (Lipinski definition) is 4. The van der Waals surface area contributed by atoms with Crippen molar-refractivity contribution in [3.8, 4) is 5.69 Å². The van der Waals surface area contributed by atoms with E-state index in [0.29, 0.717) is 17.7 Å². The van der Waals surface area contributed by atoms with Crippen LogP contribution in [0.1, 0.15) is 48.8 Å². The number of aromatic nitrogens is 3. The van der Waals surface area contributed by atoms with Crippen LogP contribution in [0.2, 0.25) is 0 Å². The molecule has 0 unspecified atom stereocenters. The first-order valence-electron chi connectivity index (χ1n) is 9.29. The largest absolute Gasteiger partial charge is 0.335 e. The SMILES string of the molecule is CC(C)N1CCN(C(=O)c2nnn(-c3ccc(Br)cc3)c2C2CC2)CC1. The lowest BCUT2D eigenvalue weighted by atomic mass is 10.1. The summed E-state index contributed by atoms with van der Waals surface area (Å²) in [4.78, 5) is 17.5. The molecule has 138 valence electrons. The molecule has 4 rings (SSSR count). The Bertz CT molecular complexity index is 789. The Morgan fingerprint density at radius 3 is 2.35 bits per heavy atom. The summed E-state index contributed by atoms with van der Waals surface area (Å²) in [5.74, 6) is 0.420. The molecule has 1 aromatic heterocycles. The molecule has 0 atom stereocenters. The average molecular weight is 418 g/mol. The number of carbonyl (C=O) groups is 1. The van der Waals surface area contributed by atoms with Crippen LogP contribution in [0.3, 0.4) is 0 Å². The first-order valence-corrected chi connectivity index (χ1v) is 10.1. The number of hydrogen-bond donors (Lipinski definition) is 0. The molecule has 1 saturated heterocycles. The molecule has 2 fully saturated rings. The molecule has 2 aliphatic rings. The van der Waals surface area contributed by atoms with Gasteiger partial charge in [-0.15, -0.1) is 5.10 Å². The van der Waals surface area contributed by atoms with E-state index in [4.69, 9.17) is 0 Å². The van der Waals surface area contributed by atoms with Crippen molar-refractivity contribution in [1.29, 1.82) is 0 Å². The normalized spacial score (nSPS) is 18.5. The molecular weight excluding hydrogens is 394 g/mol. The lowest BCUT2D eigenvalue weighted by Gasteiger charge is -2.36. The van der Waals surface area contributed by atoms with E-state index in [-0.39, 0.29) is 5.91 Å². The molecule has 0 bridgehead atoms. The number of rotatable bonds is 4. The first kappa shape index (κ1) is 17.7. The molecule has 0 spiro atoms. The Hall–Kier alpha value is -1.73. The highest BCUT2D eigenvalue weighted by Crippen LogP contribution is 2.42. The zero-order valence-corrected chi connectivity index (χ0v) is 16.8. The third-order valence-corrected chi connectivity index (χ3v) is 5.80. The van der Waals surface area contributed by atoms with Gasteiger partial charge in [0.1, 0.15) is 0 Å². The summed E-state index contributed by atoms with van der Waals surface area (Å²) in [6, 6.07) is 8.49. The topological polar surface area (TPSA) is 54.3 Å². The van der Waals surface area contributed by atoms with E-state index in [1.807, 2.05) is 33.8 Å². The van der Waals surface area contributed by atoms with Crippen molar-refractivity contribution in [3.05, 3.63) is 40.1 Å². The van der Waals surface area contributed by atoms with Gasteiger partial charge in [0.2, 0.25) is 0 Å². The number of benzene rings is 1. The van der Waals surface area contributed by atoms with Crippen molar-refractivity contribution < 1.29 is 4.79 Å². The minimum Gasteiger partial charge on any atom is -0.335 e. The van der Waals surface area contributed by atoms with E-state index < -0.39 is 0 Å². The standard InChI is InChI=1S/C19H24BrN5O/c1-13(2)23-9-11-24(12-10-23)19(26)17-18(14-3-4-14)25(22-21-17)16-7-5-15(20)6-8-16/h5-8,13-14H,3-4,9-12H2,1-2H3. The van der Waals surface area contributed by atoms with Crippen LogP contribution in [0.4, 0.5) is 0 Å². The summed E-state index contributed by atoms with van der Waals surface area (Å²) < 4.78 is 2.87. The number of amides is 1. The third-order valence-electron chi connectivity index (χ3n) is 5.27. The van der Waals surface area contributed by atoms with Crippen LogP contribution in [0.25, 0.3) is 5.69 Å². The van der Waals surface area contributed by atoms with Crippen molar-refractivity contribution in [2.75, 3.05) is 26.2 Å². The van der Waals surface area contributed by atoms with Gasteiger partial charge in [-0.25, -0.2) is 4.68 Å². The van der Waals surface area contributed by atoms with E-state index in [1.54, 1.807) is 0 Å². The zero-order chi connectivity index (χ0) is 18.3. The molecule has 0 radical (unpaired) electrons. The summed E-state index contributed by atoms with van der Waals surface area (Å²) in [5, 5.41) is 8.63. The third kappa shape index (κ3) is 3.42. The molecule has 2 aromatic rings. The minimum absolute atomic E-state index is 0.0265. The van der Waals surface area contributed by atoms with Gasteiger partial charge in [-0.05, 0) is 51.0 Å². The van der Waals surface area contributed by atoms with E-state index in [1.165, 1.54) is 0 Å². The summed E-state index contributed by atoms with van der Waals surface area (Å²) >= 11 is 3.46. The predicted octanol–water partition coefficient (Wildman–Crippen LogP) is 3.07. The van der Waals surface area contributed by atoms with Crippen LogP contribution in [-0.2, 0) is 0 Å². The van der Waals surface area contributed by atoms with Gasteiger partial charge in [-0.1, -0.05) is 21.1 Å². The van der Waals surface area contributed by atoms with E-state index in [2.05, 4.69) is 45.0 Å². The monoisotopic (exact) mass is 417 g/mol. The second kappa shape index (κ2) is 7.12. The number of piperazine rings is 1. The highest BCUT2D eigenvalue weighted by Gasteiger charge is 2.36. The van der Waals surface area contributed by atoms with Gasteiger partial charge in [-0.2, -0.15) is 0 Å². The second-order valence-corrected chi connectivity index (χ2v) is 8.32. The fourth-order valence-corrected chi connectivity index (χ4v) is 3.79. The molecule has 1 aromatic carbocycles. The molecule has 0 N–H and O–H groups in total. The van der Waals surface area contributed by atoms with Crippen molar-refractivity contribution >= 4 is 21.8 Å². The molecule has 26 heavy (non-hydrogen) atoms. The summed E-state index contributed by atoms with van der Waals surface area (Å²) in [5.41, 5.74) is 2.46. The summed E-state index contributed by atoms with van der Waals surface area (Å²) in [6.45, 7) is 7.75. The Labute approximate surface area is 162 Å². The highest BCUT2D eigenvalue weighted by molar-refractivity contribution is 9.10. The van der Waals surface area contributed by atoms with Crippen molar-refractivity contribution in [2.45, 2.75) is 38.6 Å². The maximum Gasteiger partial charge on any atom is 0.276 e. The van der Waals surface area contributed by atoms with Crippen LogP contribution in [0.15, 0.2) is 28.7 Å². The molecule has 1 saturated carbocycles. The first-order chi connectivity index (χ1) is 12.5. The Morgan fingerprint density at radius 2 is 1.77 bits per heavy atom. The lowest BCUT2D eigenvalue weighted by molar-refractivity contribution is 0.0588. The van der Waals surface area contributed by atoms with Gasteiger partial charge < -0.3 is 4.90 Å². The lowest BCUT2D eigenvalue weighted by Crippen LogP contribution is -2.50. The van der Waals surface area contributed by atoms with Gasteiger partial charge in [-0.3, -0.25) is 9.69 Å². The van der Waals surface area contributed by atoms with Crippen molar-refractivity contribution in [2.24, 2.45) is 0 Å². The van der Waals surface area contributed by atoms with E-state index in [0.717, 1.165) is 54.9 Å². The van der Waals surface area contributed by atoms with Gasteiger partial charge in [0.05, 0.1) is 11.4 Å². The van der Waals surface area contributed by atoms with Crippen LogP contribution >= 0.6 is 15.9 Å². The zero-order valence-electron chi connectivity index (χ0n) is 15.2. The Morgan fingerprint density at radius 1 is 1.12 bits per heavy atom. The van der Waals surface area contributed by atoms with Gasteiger partial charge in [0, 0.05) is 42.6 Å². The number of nitrogens with zero attached hydrogens (tertiary/aromatic N) is 5. The molecule has 1 amide bonds. The van der Waals surface area contributed by atoms with Crippen LogP contribution in [0.5, 0.6) is 0 Å². The number of carbonyl (C=O) groups excluding carboxylic acids is 1. The maximum absolute atomic E-state index is 13.1. The van der Waals surface area contributed by atoms with Crippen molar-refractivity contribution in [1.82, 2.24) is 24.8 Å².